The van der Waals surface area contributed by atoms with Crippen molar-refractivity contribution < 1.29 is 24.0 Å². The number of ether oxygens (including phenoxy) is 2. The van der Waals surface area contributed by atoms with Gasteiger partial charge < -0.3 is 9.47 Å². The second-order valence-corrected chi connectivity index (χ2v) is 8.63. The van der Waals surface area contributed by atoms with Gasteiger partial charge in [0.2, 0.25) is 0 Å². The number of hydrogen-bond donors (Lipinski definition) is 0. The minimum absolute atomic E-state index is 0.147. The summed E-state index contributed by atoms with van der Waals surface area (Å²) in [7, 11) is 1.23. The van der Waals surface area contributed by atoms with Crippen LogP contribution in [0.3, 0.4) is 0 Å². The van der Waals surface area contributed by atoms with Gasteiger partial charge in [-0.25, -0.2) is 0 Å². The first-order valence-electron chi connectivity index (χ1n) is 8.19. The van der Waals surface area contributed by atoms with E-state index in [2.05, 4.69) is 0 Å². The fourth-order valence-corrected chi connectivity index (χ4v) is 3.22. The van der Waals surface area contributed by atoms with Crippen molar-refractivity contribution in [2.24, 2.45) is 0 Å². The van der Waals surface area contributed by atoms with Crippen molar-refractivity contribution in [2.45, 2.75) is 62.7 Å². The van der Waals surface area contributed by atoms with E-state index in [9.17, 15) is 19.7 Å². The molecule has 0 spiro atoms. The van der Waals surface area contributed by atoms with E-state index in [1.54, 1.807) is 26.8 Å². The van der Waals surface area contributed by atoms with Crippen molar-refractivity contribution >= 4 is 29.4 Å². The maximum atomic E-state index is 12.7. The van der Waals surface area contributed by atoms with Crippen molar-refractivity contribution in [3.63, 3.8) is 0 Å². The lowest BCUT2D eigenvalue weighted by Crippen LogP contribution is -2.29. The predicted octanol–water partition coefficient (Wildman–Crippen LogP) is 4.08. The zero-order valence-electron chi connectivity index (χ0n) is 15.9. The third-order valence-electron chi connectivity index (χ3n) is 3.23. The molecule has 0 unspecified atom stereocenters. The highest BCUT2D eigenvalue weighted by Gasteiger charge is 2.32. The molecule has 1 aromatic rings. The molecule has 1 aromatic carbocycles. The Hall–Kier alpha value is -2.09. The molecule has 26 heavy (non-hydrogen) atoms. The van der Waals surface area contributed by atoms with Crippen LogP contribution in [-0.2, 0) is 19.1 Å². The van der Waals surface area contributed by atoms with Gasteiger partial charge in [0, 0.05) is 22.3 Å². The number of carbonyl (C=O) groups is 2. The summed E-state index contributed by atoms with van der Waals surface area (Å²) in [6, 6.07) is 4.33. The zero-order valence-corrected chi connectivity index (χ0v) is 16.7. The monoisotopic (exact) mass is 383 g/mol. The van der Waals surface area contributed by atoms with Crippen LogP contribution in [-0.4, -0.2) is 34.8 Å². The molecule has 0 aliphatic heterocycles. The van der Waals surface area contributed by atoms with Crippen LogP contribution in [0, 0.1) is 10.1 Å². The molecule has 0 aromatic heterocycles. The van der Waals surface area contributed by atoms with Gasteiger partial charge in [0.05, 0.1) is 24.4 Å². The Morgan fingerprint density at radius 1 is 1.27 bits per heavy atom. The fraction of sp³-hybridized carbons (Fsp3) is 0.556. The molecule has 0 N–H and O–H groups in total. The lowest BCUT2D eigenvalue weighted by Gasteiger charge is -2.25. The second kappa shape index (κ2) is 9.02. The average Bonchev–Trinajstić information content (AvgIpc) is 2.50. The lowest BCUT2D eigenvalue weighted by atomic mass is 9.94. The van der Waals surface area contributed by atoms with Gasteiger partial charge in [0.15, 0.2) is 0 Å². The fourth-order valence-electron chi connectivity index (χ4n) is 2.23. The van der Waals surface area contributed by atoms with E-state index in [0.29, 0.717) is 10.5 Å². The Morgan fingerprint density at radius 3 is 2.35 bits per heavy atom. The molecule has 144 valence electrons. The maximum absolute atomic E-state index is 12.7. The number of non-ortho nitro benzene ring substituents is 1. The average molecular weight is 383 g/mol. The summed E-state index contributed by atoms with van der Waals surface area (Å²) in [4.78, 5) is 35.9. The van der Waals surface area contributed by atoms with E-state index in [0.717, 1.165) is 0 Å². The molecular formula is C18H25NO6S. The third-order valence-corrected chi connectivity index (χ3v) is 4.33. The number of esters is 2. The summed E-state index contributed by atoms with van der Waals surface area (Å²) in [6.45, 7) is 9.10. The van der Waals surface area contributed by atoms with Crippen LogP contribution in [0.5, 0.6) is 0 Å². The van der Waals surface area contributed by atoms with Crippen LogP contribution >= 0.6 is 11.8 Å². The predicted molar refractivity (Wildman–Crippen MR) is 99.3 cm³/mol. The topological polar surface area (TPSA) is 95.7 Å². The number of carbonyl (C=O) groups excluding carboxylic acids is 2. The first kappa shape index (κ1) is 22.0. The number of rotatable bonds is 7. The Bertz CT molecular complexity index is 681. The first-order valence-corrected chi connectivity index (χ1v) is 9.07. The van der Waals surface area contributed by atoms with E-state index in [1.807, 2.05) is 13.8 Å². The summed E-state index contributed by atoms with van der Waals surface area (Å²) in [5.41, 5.74) is -0.499. The van der Waals surface area contributed by atoms with E-state index in [-0.39, 0.29) is 17.4 Å². The van der Waals surface area contributed by atoms with Gasteiger partial charge in [-0.2, -0.15) is 0 Å². The van der Waals surface area contributed by atoms with Crippen LogP contribution in [0.2, 0.25) is 0 Å². The van der Waals surface area contributed by atoms with Crippen molar-refractivity contribution in [3.05, 3.63) is 33.9 Å². The molecule has 1 atom stereocenters. The smallest absolute Gasteiger partial charge is 0.314 e. The SMILES string of the molecule is COC(=O)C[C@@H](C(=O)OC(C)(C)C)c1cc([N+](=O)[O-])ccc1SC(C)C. The van der Waals surface area contributed by atoms with Gasteiger partial charge in [0.1, 0.15) is 5.60 Å². The van der Waals surface area contributed by atoms with E-state index < -0.39 is 28.4 Å². The second-order valence-electron chi connectivity index (χ2n) is 7.01. The first-order chi connectivity index (χ1) is 11.9. The van der Waals surface area contributed by atoms with Gasteiger partial charge >= 0.3 is 11.9 Å². The molecule has 1 rings (SSSR count). The molecule has 0 aliphatic rings. The lowest BCUT2D eigenvalue weighted by molar-refractivity contribution is -0.385. The van der Waals surface area contributed by atoms with Crippen LogP contribution in [0.25, 0.3) is 0 Å². The normalized spacial score (nSPS) is 12.6. The summed E-state index contributed by atoms with van der Waals surface area (Å²) >= 11 is 1.46. The summed E-state index contributed by atoms with van der Waals surface area (Å²) in [6.07, 6.45) is -0.252. The van der Waals surface area contributed by atoms with Crippen LogP contribution in [0.4, 0.5) is 5.69 Å². The number of nitro groups is 1. The molecule has 0 amide bonds. The molecule has 0 saturated heterocycles. The minimum atomic E-state index is -0.983. The number of nitrogens with zero attached hydrogens (tertiary/aromatic N) is 1. The highest BCUT2D eigenvalue weighted by atomic mass is 32.2. The van der Waals surface area contributed by atoms with Crippen molar-refractivity contribution in [1.29, 1.82) is 0 Å². The Kier molecular flexibility index (Phi) is 7.62. The molecule has 0 bridgehead atoms. The van der Waals surface area contributed by atoms with Gasteiger partial charge in [-0.1, -0.05) is 13.8 Å². The Morgan fingerprint density at radius 2 is 1.88 bits per heavy atom. The molecule has 0 saturated carbocycles. The number of thioether (sulfide) groups is 1. The highest BCUT2D eigenvalue weighted by Crippen LogP contribution is 2.36. The van der Waals surface area contributed by atoms with Crippen LogP contribution < -0.4 is 0 Å². The summed E-state index contributed by atoms with van der Waals surface area (Å²) < 4.78 is 10.1. The van der Waals surface area contributed by atoms with Crippen LogP contribution in [0.1, 0.15) is 52.5 Å². The molecule has 7 nitrogen and oxygen atoms in total. The minimum Gasteiger partial charge on any atom is -0.469 e. The van der Waals surface area contributed by atoms with Gasteiger partial charge in [0.25, 0.3) is 5.69 Å². The molecule has 8 heteroatoms. The Balaban J connectivity index is 3.44. The molecular weight excluding hydrogens is 358 g/mol. The molecule has 0 heterocycles. The quantitative estimate of drug-likeness (QED) is 0.303. The third kappa shape index (κ3) is 6.67. The van der Waals surface area contributed by atoms with Crippen molar-refractivity contribution in [1.82, 2.24) is 0 Å². The number of benzene rings is 1. The van der Waals surface area contributed by atoms with Gasteiger partial charge in [-0.15, -0.1) is 11.8 Å². The van der Waals surface area contributed by atoms with Crippen molar-refractivity contribution in [2.75, 3.05) is 7.11 Å². The summed E-state index contributed by atoms with van der Waals surface area (Å²) in [5, 5.41) is 11.4. The summed E-state index contributed by atoms with van der Waals surface area (Å²) in [5.74, 6) is -2.19. The maximum Gasteiger partial charge on any atom is 0.314 e. The largest absolute Gasteiger partial charge is 0.469 e. The highest BCUT2D eigenvalue weighted by molar-refractivity contribution is 8.00. The molecule has 0 fully saturated rings. The zero-order chi connectivity index (χ0) is 20.1. The van der Waals surface area contributed by atoms with Gasteiger partial charge in [-0.05, 0) is 32.4 Å². The van der Waals surface area contributed by atoms with Crippen LogP contribution in [0.15, 0.2) is 23.1 Å². The van der Waals surface area contributed by atoms with Crippen molar-refractivity contribution in [3.8, 4) is 0 Å². The number of hydrogen-bond acceptors (Lipinski definition) is 7. The van der Waals surface area contributed by atoms with E-state index in [1.165, 1.54) is 31.0 Å². The molecule has 0 aliphatic carbocycles. The number of methoxy groups -OCH3 is 1. The van der Waals surface area contributed by atoms with E-state index >= 15 is 0 Å². The van der Waals surface area contributed by atoms with Gasteiger partial charge in [-0.3, -0.25) is 19.7 Å². The standard InChI is InChI=1S/C18H25NO6S/c1-11(2)26-15-8-7-12(19(22)23)9-13(15)14(10-16(20)24-6)17(21)25-18(3,4)5/h7-9,11,14H,10H2,1-6H3/t14-/m1/s1. The number of nitro benzene ring substituents is 1. The molecule has 0 radical (unpaired) electrons. The Labute approximate surface area is 157 Å². The van der Waals surface area contributed by atoms with E-state index in [4.69, 9.17) is 9.47 Å².